The number of nitrogens with zero attached hydrogens (tertiary/aromatic N) is 3. The summed E-state index contributed by atoms with van der Waals surface area (Å²) in [6.45, 7) is 2.44. The van der Waals surface area contributed by atoms with Crippen LogP contribution in [0.5, 0.6) is 5.88 Å². The van der Waals surface area contributed by atoms with Crippen LogP contribution in [0.4, 0.5) is 0 Å². The molecule has 21 heavy (non-hydrogen) atoms. The summed E-state index contributed by atoms with van der Waals surface area (Å²) in [5.74, 6) is 0.410. The van der Waals surface area contributed by atoms with Crippen LogP contribution >= 0.6 is 0 Å². The monoisotopic (exact) mass is 287 g/mol. The van der Waals surface area contributed by atoms with E-state index in [2.05, 4.69) is 5.10 Å². The third kappa shape index (κ3) is 3.41. The molecule has 3 rings (SSSR count). The summed E-state index contributed by atoms with van der Waals surface area (Å²) in [6, 6.07) is 11.5. The molecule has 6 nitrogen and oxygen atoms in total. The van der Waals surface area contributed by atoms with Gasteiger partial charge < -0.3 is 14.4 Å². The van der Waals surface area contributed by atoms with Gasteiger partial charge >= 0.3 is 0 Å². The highest BCUT2D eigenvalue weighted by Crippen LogP contribution is 2.11. The molecule has 1 fully saturated rings. The van der Waals surface area contributed by atoms with E-state index in [0.717, 1.165) is 5.69 Å². The number of rotatable bonds is 4. The number of ether oxygens (including phenoxy) is 2. The molecule has 0 atom stereocenters. The normalized spacial score (nSPS) is 15.0. The van der Waals surface area contributed by atoms with Gasteiger partial charge in [0.25, 0.3) is 5.91 Å². The summed E-state index contributed by atoms with van der Waals surface area (Å²) in [5.41, 5.74) is 0.951. The zero-order valence-corrected chi connectivity index (χ0v) is 11.6. The first-order chi connectivity index (χ1) is 10.3. The molecule has 6 heteroatoms. The zero-order valence-electron chi connectivity index (χ0n) is 11.6. The number of morpholine rings is 1. The number of benzene rings is 1. The molecule has 0 unspecified atom stereocenters. The molecule has 1 aliphatic rings. The highest BCUT2D eigenvalue weighted by atomic mass is 16.5. The Bertz CT molecular complexity index is 591. The molecule has 1 saturated heterocycles. The second kappa shape index (κ2) is 6.41. The van der Waals surface area contributed by atoms with E-state index in [4.69, 9.17) is 9.47 Å². The predicted molar refractivity (Wildman–Crippen MR) is 76.5 cm³/mol. The molecule has 0 spiro atoms. The van der Waals surface area contributed by atoms with E-state index < -0.39 is 0 Å². The molecule has 1 aromatic heterocycles. The minimum Gasteiger partial charge on any atom is -0.466 e. The average molecular weight is 287 g/mol. The summed E-state index contributed by atoms with van der Waals surface area (Å²) in [7, 11) is 0. The van der Waals surface area contributed by atoms with E-state index in [9.17, 15) is 4.79 Å². The molecule has 110 valence electrons. The smallest absolute Gasteiger partial charge is 0.260 e. The Kier molecular flexibility index (Phi) is 4.16. The van der Waals surface area contributed by atoms with Gasteiger partial charge in [0.2, 0.25) is 5.88 Å². The molecule has 1 aliphatic heterocycles. The Morgan fingerprint density at radius 3 is 2.71 bits per heavy atom. The van der Waals surface area contributed by atoms with Crippen molar-refractivity contribution in [3.63, 3.8) is 0 Å². The van der Waals surface area contributed by atoms with E-state index in [1.165, 1.54) is 0 Å². The van der Waals surface area contributed by atoms with Gasteiger partial charge in [0.1, 0.15) is 0 Å². The Morgan fingerprint density at radius 1 is 1.19 bits per heavy atom. The summed E-state index contributed by atoms with van der Waals surface area (Å²) < 4.78 is 12.4. The van der Waals surface area contributed by atoms with Gasteiger partial charge in [-0.3, -0.25) is 4.79 Å². The van der Waals surface area contributed by atoms with Gasteiger partial charge in [-0.05, 0) is 12.1 Å². The number of hydrogen-bond acceptors (Lipinski definition) is 4. The van der Waals surface area contributed by atoms with E-state index in [1.54, 1.807) is 15.6 Å². The van der Waals surface area contributed by atoms with E-state index in [0.29, 0.717) is 32.2 Å². The Labute approximate surface area is 122 Å². The Morgan fingerprint density at radius 2 is 1.95 bits per heavy atom. The maximum absolute atomic E-state index is 12.0. The largest absolute Gasteiger partial charge is 0.466 e. The lowest BCUT2D eigenvalue weighted by Gasteiger charge is -2.26. The highest BCUT2D eigenvalue weighted by molar-refractivity contribution is 5.77. The minimum absolute atomic E-state index is 0.00576. The Hall–Kier alpha value is -2.34. The zero-order chi connectivity index (χ0) is 14.5. The van der Waals surface area contributed by atoms with Gasteiger partial charge in [-0.1, -0.05) is 18.2 Å². The van der Waals surface area contributed by atoms with Crippen molar-refractivity contribution >= 4 is 5.91 Å². The third-order valence-corrected chi connectivity index (χ3v) is 3.29. The first kappa shape index (κ1) is 13.6. The number of hydrogen-bond donors (Lipinski definition) is 0. The fourth-order valence-electron chi connectivity index (χ4n) is 2.15. The lowest BCUT2D eigenvalue weighted by atomic mass is 10.3. The van der Waals surface area contributed by atoms with Crippen LogP contribution in [0.3, 0.4) is 0 Å². The molecule has 2 heterocycles. The SMILES string of the molecule is O=C(COc1ccn(-c2ccccc2)n1)N1CCOCC1. The van der Waals surface area contributed by atoms with Gasteiger partial charge in [0, 0.05) is 25.4 Å². The van der Waals surface area contributed by atoms with Gasteiger partial charge in [-0.25, -0.2) is 4.68 Å². The van der Waals surface area contributed by atoms with Gasteiger partial charge in [-0.15, -0.1) is 5.10 Å². The van der Waals surface area contributed by atoms with Crippen molar-refractivity contribution in [3.05, 3.63) is 42.6 Å². The molecule has 0 aliphatic carbocycles. The molecular formula is C15H17N3O3. The number of carbonyl (C=O) groups is 1. The van der Waals surface area contributed by atoms with Crippen molar-refractivity contribution in [2.45, 2.75) is 0 Å². The third-order valence-electron chi connectivity index (χ3n) is 3.29. The molecule has 0 bridgehead atoms. The number of carbonyl (C=O) groups excluding carboxylic acids is 1. The summed E-state index contributed by atoms with van der Waals surface area (Å²) in [4.78, 5) is 13.7. The lowest BCUT2D eigenvalue weighted by molar-refractivity contribution is -0.137. The molecule has 0 saturated carbocycles. The molecule has 1 amide bonds. The fraction of sp³-hybridized carbons (Fsp3) is 0.333. The van der Waals surface area contributed by atoms with Gasteiger partial charge in [0.05, 0.1) is 18.9 Å². The van der Waals surface area contributed by atoms with E-state index >= 15 is 0 Å². The number of amides is 1. The van der Waals surface area contributed by atoms with E-state index in [1.807, 2.05) is 36.5 Å². The number of aromatic nitrogens is 2. The Balaban J connectivity index is 1.56. The van der Waals surface area contributed by atoms with Crippen molar-refractivity contribution in [1.82, 2.24) is 14.7 Å². The highest BCUT2D eigenvalue weighted by Gasteiger charge is 2.17. The average Bonchev–Trinajstić information content (AvgIpc) is 3.03. The second-order valence-electron chi connectivity index (χ2n) is 4.72. The van der Waals surface area contributed by atoms with Crippen LogP contribution in [0, 0.1) is 0 Å². The van der Waals surface area contributed by atoms with Crippen LogP contribution in [0.15, 0.2) is 42.6 Å². The van der Waals surface area contributed by atoms with Crippen LogP contribution < -0.4 is 4.74 Å². The minimum atomic E-state index is -0.0347. The van der Waals surface area contributed by atoms with Crippen LogP contribution in [0.25, 0.3) is 5.69 Å². The first-order valence-corrected chi connectivity index (χ1v) is 6.92. The van der Waals surface area contributed by atoms with Crippen LogP contribution in [-0.2, 0) is 9.53 Å². The maximum atomic E-state index is 12.0. The van der Waals surface area contributed by atoms with Crippen molar-refractivity contribution in [2.75, 3.05) is 32.9 Å². The van der Waals surface area contributed by atoms with Crippen molar-refractivity contribution in [3.8, 4) is 11.6 Å². The molecule has 0 N–H and O–H groups in total. The lowest BCUT2D eigenvalue weighted by Crippen LogP contribution is -2.43. The summed E-state index contributed by atoms with van der Waals surface area (Å²) in [5, 5.41) is 4.30. The standard InChI is InChI=1S/C15H17N3O3/c19-15(17-8-10-20-11-9-17)12-21-14-6-7-18(16-14)13-4-2-1-3-5-13/h1-7H,8-12H2. The fourth-order valence-corrected chi connectivity index (χ4v) is 2.15. The second-order valence-corrected chi connectivity index (χ2v) is 4.72. The molecule has 1 aromatic carbocycles. The quantitative estimate of drug-likeness (QED) is 0.845. The van der Waals surface area contributed by atoms with Crippen molar-refractivity contribution in [2.24, 2.45) is 0 Å². The predicted octanol–water partition coefficient (Wildman–Crippen LogP) is 1.11. The van der Waals surface area contributed by atoms with Crippen molar-refractivity contribution < 1.29 is 14.3 Å². The van der Waals surface area contributed by atoms with Gasteiger partial charge in [0.15, 0.2) is 6.61 Å². The summed E-state index contributed by atoms with van der Waals surface area (Å²) in [6.07, 6.45) is 1.81. The van der Waals surface area contributed by atoms with E-state index in [-0.39, 0.29) is 12.5 Å². The van der Waals surface area contributed by atoms with Crippen LogP contribution in [-0.4, -0.2) is 53.5 Å². The topological polar surface area (TPSA) is 56.6 Å². The van der Waals surface area contributed by atoms with Crippen molar-refractivity contribution in [1.29, 1.82) is 0 Å². The van der Waals surface area contributed by atoms with Gasteiger partial charge in [-0.2, -0.15) is 0 Å². The molecule has 0 radical (unpaired) electrons. The van der Waals surface area contributed by atoms with Crippen LogP contribution in [0.2, 0.25) is 0 Å². The first-order valence-electron chi connectivity index (χ1n) is 6.92. The number of para-hydroxylation sites is 1. The molecule has 2 aromatic rings. The maximum Gasteiger partial charge on any atom is 0.260 e. The molecular weight excluding hydrogens is 270 g/mol. The summed E-state index contributed by atoms with van der Waals surface area (Å²) >= 11 is 0. The van der Waals surface area contributed by atoms with Crippen LogP contribution in [0.1, 0.15) is 0 Å².